The van der Waals surface area contributed by atoms with Gasteiger partial charge in [0, 0.05) is 18.6 Å². The normalized spacial score (nSPS) is 11.4. The monoisotopic (exact) mass is 214 g/mol. The van der Waals surface area contributed by atoms with Crippen molar-refractivity contribution in [3.8, 4) is 0 Å². The molecular formula is C6H6N4O3S. The summed E-state index contributed by atoms with van der Waals surface area (Å²) in [6, 6.07) is 0. The Balaban J connectivity index is 2.27. The first-order chi connectivity index (χ1) is 6.68. The molecule has 0 saturated carbocycles. The number of imidazole rings is 2. The van der Waals surface area contributed by atoms with Crippen molar-refractivity contribution in [2.45, 2.75) is 0 Å². The molecule has 0 aliphatic heterocycles. The fourth-order valence-electron chi connectivity index (χ4n) is 0.817. The molecule has 0 radical (unpaired) electrons. The van der Waals surface area contributed by atoms with E-state index >= 15 is 0 Å². The lowest BCUT2D eigenvalue weighted by atomic mass is 11.0. The molecule has 0 aliphatic rings. The van der Waals surface area contributed by atoms with Crippen LogP contribution in [0.15, 0.2) is 37.4 Å². The zero-order valence-electron chi connectivity index (χ0n) is 6.89. The van der Waals surface area contributed by atoms with Crippen molar-refractivity contribution in [1.82, 2.24) is 18.7 Å². The molecule has 0 spiro atoms. The van der Waals surface area contributed by atoms with Gasteiger partial charge in [0.1, 0.15) is 12.7 Å². The SMILES string of the molecule is O=S(=O)(On1ccnc1)n1ccnc1. The second-order valence-electron chi connectivity index (χ2n) is 2.35. The van der Waals surface area contributed by atoms with Crippen molar-refractivity contribution < 1.29 is 12.7 Å². The van der Waals surface area contributed by atoms with E-state index in [1.54, 1.807) is 0 Å². The molecule has 2 rings (SSSR count). The first-order valence-corrected chi connectivity index (χ1v) is 4.96. The summed E-state index contributed by atoms with van der Waals surface area (Å²) in [7, 11) is -3.86. The van der Waals surface area contributed by atoms with E-state index in [-0.39, 0.29) is 0 Å². The van der Waals surface area contributed by atoms with Gasteiger partial charge in [-0.3, -0.25) is 4.28 Å². The second-order valence-corrected chi connectivity index (χ2v) is 3.77. The van der Waals surface area contributed by atoms with Crippen LogP contribution in [0, 0.1) is 0 Å². The van der Waals surface area contributed by atoms with Crippen LogP contribution in [0.1, 0.15) is 0 Å². The van der Waals surface area contributed by atoms with E-state index in [1.165, 1.54) is 31.1 Å². The zero-order chi connectivity index (χ0) is 10.0. The van der Waals surface area contributed by atoms with Crippen molar-refractivity contribution in [2.75, 3.05) is 0 Å². The summed E-state index contributed by atoms with van der Waals surface area (Å²) in [4.78, 5) is 7.23. The van der Waals surface area contributed by atoms with Gasteiger partial charge in [0.25, 0.3) is 0 Å². The van der Waals surface area contributed by atoms with Gasteiger partial charge in [-0.15, -0.1) is 0 Å². The smallest absolute Gasteiger partial charge is 0.270 e. The summed E-state index contributed by atoms with van der Waals surface area (Å²) >= 11 is 0. The Hall–Kier alpha value is -1.83. The fraction of sp³-hybridized carbons (Fsp3) is 0. The van der Waals surface area contributed by atoms with Gasteiger partial charge in [0.05, 0.1) is 6.20 Å². The van der Waals surface area contributed by atoms with Crippen LogP contribution in [0.25, 0.3) is 0 Å². The lowest BCUT2D eigenvalue weighted by Gasteiger charge is -2.05. The third kappa shape index (κ3) is 1.59. The minimum absolute atomic E-state index is 0.854. The summed E-state index contributed by atoms with van der Waals surface area (Å²) in [5.41, 5.74) is 0. The van der Waals surface area contributed by atoms with Gasteiger partial charge in [-0.2, -0.15) is 13.1 Å². The molecule has 0 aromatic carbocycles. The first kappa shape index (κ1) is 8.75. The zero-order valence-corrected chi connectivity index (χ0v) is 7.70. The number of aromatic nitrogens is 4. The minimum Gasteiger partial charge on any atom is -0.270 e. The van der Waals surface area contributed by atoms with Crippen molar-refractivity contribution in [3.63, 3.8) is 0 Å². The fourth-order valence-corrected chi connectivity index (χ4v) is 1.57. The highest BCUT2D eigenvalue weighted by Gasteiger charge is 2.14. The van der Waals surface area contributed by atoms with Crippen LogP contribution in [0.3, 0.4) is 0 Å². The predicted molar refractivity (Wildman–Crippen MR) is 45.4 cm³/mol. The molecule has 2 heterocycles. The molecule has 0 fully saturated rings. The van der Waals surface area contributed by atoms with Gasteiger partial charge in [-0.05, 0) is 0 Å². The molecule has 2 aromatic rings. The second kappa shape index (κ2) is 3.14. The third-order valence-corrected chi connectivity index (χ3v) is 2.49. The van der Waals surface area contributed by atoms with Gasteiger partial charge in [0.2, 0.25) is 0 Å². The average Bonchev–Trinajstić information content (AvgIpc) is 2.71. The molecule has 8 heteroatoms. The Morgan fingerprint density at radius 1 is 1.07 bits per heavy atom. The maximum Gasteiger partial charge on any atom is 0.432 e. The average molecular weight is 214 g/mol. The topological polar surface area (TPSA) is 79.0 Å². The van der Waals surface area contributed by atoms with E-state index in [2.05, 4.69) is 14.3 Å². The highest BCUT2D eigenvalue weighted by atomic mass is 32.2. The summed E-state index contributed by atoms with van der Waals surface area (Å²) in [5, 5.41) is 0. The van der Waals surface area contributed by atoms with Gasteiger partial charge >= 0.3 is 10.3 Å². The molecule has 0 aliphatic carbocycles. The van der Waals surface area contributed by atoms with Crippen LogP contribution in [0.2, 0.25) is 0 Å². The molecular weight excluding hydrogens is 208 g/mol. The molecule has 0 bridgehead atoms. The van der Waals surface area contributed by atoms with Gasteiger partial charge in [-0.1, -0.05) is 0 Å². The molecule has 0 amide bonds. The largest absolute Gasteiger partial charge is 0.432 e. The minimum atomic E-state index is -3.86. The lowest BCUT2D eigenvalue weighted by Crippen LogP contribution is -2.24. The summed E-state index contributed by atoms with van der Waals surface area (Å²) in [5.74, 6) is 0. The van der Waals surface area contributed by atoms with Crippen molar-refractivity contribution in [2.24, 2.45) is 0 Å². The van der Waals surface area contributed by atoms with E-state index in [0.29, 0.717) is 0 Å². The van der Waals surface area contributed by atoms with E-state index in [9.17, 15) is 8.42 Å². The first-order valence-electron chi connectivity index (χ1n) is 3.60. The summed E-state index contributed by atoms with van der Waals surface area (Å²) in [6.07, 6.45) is 7.75. The Kier molecular flexibility index (Phi) is 1.97. The van der Waals surface area contributed by atoms with E-state index in [1.807, 2.05) is 0 Å². The maximum absolute atomic E-state index is 11.4. The number of nitrogens with zero attached hydrogens (tertiary/aromatic N) is 4. The molecule has 0 N–H and O–H groups in total. The molecule has 14 heavy (non-hydrogen) atoms. The lowest BCUT2D eigenvalue weighted by molar-refractivity contribution is 0.274. The molecule has 7 nitrogen and oxygen atoms in total. The van der Waals surface area contributed by atoms with Gasteiger partial charge in [0.15, 0.2) is 0 Å². The Labute approximate surface area is 79.8 Å². The third-order valence-electron chi connectivity index (χ3n) is 1.40. The van der Waals surface area contributed by atoms with Crippen molar-refractivity contribution in [1.29, 1.82) is 0 Å². The Morgan fingerprint density at radius 2 is 1.79 bits per heavy atom. The number of hydrogen-bond donors (Lipinski definition) is 0. The molecule has 0 saturated heterocycles. The van der Waals surface area contributed by atoms with E-state index in [4.69, 9.17) is 0 Å². The number of rotatable bonds is 3. The number of hydrogen-bond acceptors (Lipinski definition) is 5. The van der Waals surface area contributed by atoms with Crippen molar-refractivity contribution in [3.05, 3.63) is 37.4 Å². The van der Waals surface area contributed by atoms with Crippen LogP contribution in [-0.4, -0.2) is 27.1 Å². The maximum atomic E-state index is 11.4. The van der Waals surface area contributed by atoms with Crippen LogP contribution in [-0.2, 0) is 10.3 Å². The van der Waals surface area contributed by atoms with E-state index < -0.39 is 10.3 Å². The highest BCUT2D eigenvalue weighted by Crippen LogP contribution is 1.95. The predicted octanol–water partition coefficient (Wildman–Crippen LogP) is -0.699. The summed E-state index contributed by atoms with van der Waals surface area (Å²) in [6.45, 7) is 0. The molecule has 2 aromatic heterocycles. The van der Waals surface area contributed by atoms with Crippen LogP contribution in [0.5, 0.6) is 0 Å². The quantitative estimate of drug-likeness (QED) is 0.675. The highest BCUT2D eigenvalue weighted by molar-refractivity contribution is 7.85. The van der Waals surface area contributed by atoms with E-state index in [0.717, 1.165) is 15.0 Å². The Morgan fingerprint density at radius 3 is 2.36 bits per heavy atom. The standard InChI is InChI=1S/C6H6N4O3S/c11-14(12,10-4-2-8-6-10)13-9-3-1-7-5-9/h1-6H. The molecule has 0 unspecified atom stereocenters. The van der Waals surface area contributed by atoms with Gasteiger partial charge < -0.3 is 0 Å². The van der Waals surface area contributed by atoms with Crippen molar-refractivity contribution >= 4 is 10.3 Å². The molecule has 74 valence electrons. The van der Waals surface area contributed by atoms with Crippen LogP contribution in [0.4, 0.5) is 0 Å². The Bertz CT molecular complexity index is 487. The van der Waals surface area contributed by atoms with Gasteiger partial charge in [-0.25, -0.2) is 13.9 Å². The summed E-state index contributed by atoms with van der Waals surface area (Å²) < 4.78 is 29.3. The molecule has 0 atom stereocenters. The van der Waals surface area contributed by atoms with Crippen LogP contribution < -0.4 is 4.28 Å². The van der Waals surface area contributed by atoms with Crippen LogP contribution >= 0.6 is 0 Å².